The summed E-state index contributed by atoms with van der Waals surface area (Å²) in [6.07, 6.45) is -4.72. The molecule has 0 amide bonds. The number of likely N-dealkylation sites (tertiary alicyclic amines) is 1. The van der Waals surface area contributed by atoms with Crippen LogP contribution in [0.15, 0.2) is 24.3 Å². The van der Waals surface area contributed by atoms with Gasteiger partial charge < -0.3 is 5.11 Å². The number of hydrogen-bond acceptors (Lipinski definition) is 5. The van der Waals surface area contributed by atoms with E-state index in [9.17, 15) is 22.7 Å². The summed E-state index contributed by atoms with van der Waals surface area (Å²) in [5.74, 6) is -0.362. The summed E-state index contributed by atoms with van der Waals surface area (Å²) in [4.78, 5) is 1.75. The van der Waals surface area contributed by atoms with Crippen LogP contribution in [-0.2, 0) is 13.1 Å². The van der Waals surface area contributed by atoms with E-state index >= 15 is 0 Å². The summed E-state index contributed by atoms with van der Waals surface area (Å²) >= 11 is 0. The van der Waals surface area contributed by atoms with Crippen LogP contribution in [0, 0.1) is 5.82 Å². The van der Waals surface area contributed by atoms with E-state index in [2.05, 4.69) is 15.5 Å². The number of benzene rings is 1. The van der Waals surface area contributed by atoms with E-state index in [-0.39, 0.29) is 25.0 Å². The van der Waals surface area contributed by atoms with Crippen LogP contribution in [0.5, 0.6) is 0 Å². The van der Waals surface area contributed by atoms with Gasteiger partial charge in [0.2, 0.25) is 0 Å². The van der Waals surface area contributed by atoms with Crippen molar-refractivity contribution < 1.29 is 22.7 Å². The molecule has 0 unspecified atom stereocenters. The predicted octanol–water partition coefficient (Wildman–Crippen LogP) is 1.68. The molecule has 24 heavy (non-hydrogen) atoms. The molecule has 0 radical (unpaired) electrons. The molecule has 1 aromatic carbocycles. The molecule has 130 valence electrons. The van der Waals surface area contributed by atoms with Gasteiger partial charge in [0, 0.05) is 12.6 Å². The maximum Gasteiger partial charge on any atom is 0.408 e. The van der Waals surface area contributed by atoms with Gasteiger partial charge in [-0.1, -0.05) is 12.1 Å². The Kier molecular flexibility index (Phi) is 4.50. The largest absolute Gasteiger partial charge is 0.408 e. The van der Waals surface area contributed by atoms with Crippen LogP contribution < -0.4 is 0 Å². The van der Waals surface area contributed by atoms with Gasteiger partial charge in [-0.2, -0.15) is 13.2 Å². The third kappa shape index (κ3) is 3.88. The molecule has 6 nitrogen and oxygen atoms in total. The van der Waals surface area contributed by atoms with E-state index in [1.807, 2.05) is 0 Å². The lowest BCUT2D eigenvalue weighted by Gasteiger charge is -2.24. The maximum absolute atomic E-state index is 13.4. The third-order valence-corrected chi connectivity index (χ3v) is 3.89. The van der Waals surface area contributed by atoms with Crippen LogP contribution in [0.1, 0.15) is 23.9 Å². The highest BCUT2D eigenvalue weighted by Crippen LogP contribution is 2.33. The molecule has 0 aliphatic carbocycles. The van der Waals surface area contributed by atoms with E-state index in [4.69, 9.17) is 0 Å². The Morgan fingerprint density at radius 1 is 1.29 bits per heavy atom. The van der Waals surface area contributed by atoms with Crippen LogP contribution in [0.4, 0.5) is 17.6 Å². The number of aliphatic hydroxyl groups is 1. The summed E-state index contributed by atoms with van der Waals surface area (Å²) in [7, 11) is 0. The first-order valence-electron chi connectivity index (χ1n) is 7.31. The zero-order valence-electron chi connectivity index (χ0n) is 12.5. The summed E-state index contributed by atoms with van der Waals surface area (Å²) in [6.45, 7) is -1.00. The van der Waals surface area contributed by atoms with Gasteiger partial charge in [0.1, 0.15) is 12.4 Å². The number of aromatic nitrogens is 4. The van der Waals surface area contributed by atoms with Crippen LogP contribution in [-0.4, -0.2) is 49.0 Å². The minimum atomic E-state index is -4.43. The molecule has 1 N–H and O–H groups in total. The Morgan fingerprint density at radius 2 is 2.08 bits per heavy atom. The highest BCUT2D eigenvalue weighted by molar-refractivity contribution is 5.21. The average molecular weight is 345 g/mol. The van der Waals surface area contributed by atoms with E-state index in [1.165, 1.54) is 12.1 Å². The summed E-state index contributed by atoms with van der Waals surface area (Å²) < 4.78 is 51.8. The molecule has 0 spiro atoms. The molecule has 0 saturated carbocycles. The minimum Gasteiger partial charge on any atom is -0.392 e. The fourth-order valence-electron chi connectivity index (χ4n) is 2.93. The van der Waals surface area contributed by atoms with E-state index in [1.54, 1.807) is 17.0 Å². The molecule has 1 aliphatic heterocycles. The van der Waals surface area contributed by atoms with Gasteiger partial charge in [0.05, 0.1) is 12.6 Å². The lowest BCUT2D eigenvalue weighted by molar-refractivity contribution is -0.143. The van der Waals surface area contributed by atoms with Gasteiger partial charge in [-0.15, -0.1) is 5.10 Å². The number of hydrogen-bond donors (Lipinski definition) is 1. The normalized spacial score (nSPS) is 22.2. The number of rotatable bonds is 4. The minimum absolute atomic E-state index is 0.0291. The molecule has 1 aromatic heterocycles. The smallest absolute Gasteiger partial charge is 0.392 e. The molecule has 3 rings (SSSR count). The van der Waals surface area contributed by atoms with Crippen molar-refractivity contribution >= 4 is 0 Å². The predicted molar refractivity (Wildman–Crippen MR) is 74.0 cm³/mol. The van der Waals surface area contributed by atoms with Crippen molar-refractivity contribution in [1.29, 1.82) is 0 Å². The number of halogens is 4. The van der Waals surface area contributed by atoms with Crippen molar-refractivity contribution in [3.8, 4) is 0 Å². The number of aliphatic hydroxyl groups excluding tert-OH is 1. The molecule has 1 fully saturated rings. The molecule has 0 bridgehead atoms. The summed E-state index contributed by atoms with van der Waals surface area (Å²) in [5.41, 5.74) is 0.654. The second-order valence-electron chi connectivity index (χ2n) is 5.76. The number of β-amino-alcohol motifs (C(OH)–C–C–N with tert-alkyl or cyclic N) is 1. The molecule has 1 aliphatic rings. The molecule has 10 heteroatoms. The fourth-order valence-corrected chi connectivity index (χ4v) is 2.93. The Morgan fingerprint density at radius 3 is 2.79 bits per heavy atom. The van der Waals surface area contributed by atoms with Gasteiger partial charge >= 0.3 is 6.18 Å². The van der Waals surface area contributed by atoms with Crippen molar-refractivity contribution in [3.05, 3.63) is 41.5 Å². The lowest BCUT2D eigenvalue weighted by atomic mass is 10.0. The first kappa shape index (κ1) is 16.8. The van der Waals surface area contributed by atoms with Crippen molar-refractivity contribution in [2.45, 2.75) is 37.8 Å². The zero-order valence-corrected chi connectivity index (χ0v) is 12.5. The topological polar surface area (TPSA) is 67.1 Å². The van der Waals surface area contributed by atoms with E-state index in [0.29, 0.717) is 16.7 Å². The highest BCUT2D eigenvalue weighted by Gasteiger charge is 2.35. The lowest BCUT2D eigenvalue weighted by Crippen LogP contribution is -2.28. The second-order valence-corrected chi connectivity index (χ2v) is 5.76. The van der Waals surface area contributed by atoms with E-state index in [0.717, 1.165) is 0 Å². The molecular weight excluding hydrogens is 330 g/mol. The van der Waals surface area contributed by atoms with Crippen LogP contribution in [0.2, 0.25) is 0 Å². The Balaban J connectivity index is 1.80. The molecule has 2 atom stereocenters. The van der Waals surface area contributed by atoms with Gasteiger partial charge in [-0.25, -0.2) is 9.07 Å². The van der Waals surface area contributed by atoms with Gasteiger partial charge in [-0.3, -0.25) is 4.90 Å². The first-order valence-corrected chi connectivity index (χ1v) is 7.31. The summed E-state index contributed by atoms with van der Waals surface area (Å²) in [6, 6.07) is 5.63. The Labute approximate surface area is 134 Å². The standard InChI is InChI=1S/C14H15F4N5O/c15-10-3-1-2-9(4-10)12-5-11(24)6-22(12)7-13-19-20-21-23(13)8-14(16,17)18/h1-4,11-12,24H,5-8H2/t11-,12-/m1/s1. The highest BCUT2D eigenvalue weighted by atomic mass is 19.4. The van der Waals surface area contributed by atoms with Crippen LogP contribution in [0.3, 0.4) is 0 Å². The SMILES string of the molecule is O[C@@H]1C[C@H](c2cccc(F)c2)N(Cc2nnnn2CC(F)(F)F)C1. The third-order valence-electron chi connectivity index (χ3n) is 3.89. The van der Waals surface area contributed by atoms with Crippen molar-refractivity contribution in [2.24, 2.45) is 0 Å². The van der Waals surface area contributed by atoms with Crippen LogP contribution >= 0.6 is 0 Å². The number of nitrogens with zero attached hydrogens (tertiary/aromatic N) is 5. The first-order chi connectivity index (χ1) is 11.3. The maximum atomic E-state index is 13.4. The van der Waals surface area contributed by atoms with Crippen LogP contribution in [0.25, 0.3) is 0 Å². The molecule has 1 saturated heterocycles. The Hall–Kier alpha value is -2.07. The number of tetrazole rings is 1. The fraction of sp³-hybridized carbons (Fsp3) is 0.500. The van der Waals surface area contributed by atoms with Gasteiger partial charge in [0.25, 0.3) is 0 Å². The molecular formula is C14H15F4N5O. The molecule has 2 aromatic rings. The quantitative estimate of drug-likeness (QED) is 0.854. The van der Waals surface area contributed by atoms with Gasteiger partial charge in [0.15, 0.2) is 5.82 Å². The molecule has 2 heterocycles. The zero-order chi connectivity index (χ0) is 17.3. The average Bonchev–Trinajstić information content (AvgIpc) is 3.05. The number of alkyl halides is 3. The van der Waals surface area contributed by atoms with Gasteiger partial charge in [-0.05, 0) is 34.5 Å². The van der Waals surface area contributed by atoms with E-state index < -0.39 is 24.6 Å². The Bertz CT molecular complexity index is 704. The van der Waals surface area contributed by atoms with Crippen molar-refractivity contribution in [3.63, 3.8) is 0 Å². The summed E-state index contributed by atoms with van der Waals surface area (Å²) in [5, 5.41) is 20.2. The van der Waals surface area contributed by atoms with Crippen molar-refractivity contribution in [1.82, 2.24) is 25.1 Å². The monoisotopic (exact) mass is 345 g/mol. The van der Waals surface area contributed by atoms with Crippen molar-refractivity contribution in [2.75, 3.05) is 6.54 Å². The second kappa shape index (κ2) is 6.44.